The number of phenolic OH excluding ortho intramolecular Hbond substituents is 1. The normalized spacial score (nSPS) is 11.3. The van der Waals surface area contributed by atoms with Crippen molar-refractivity contribution in [1.82, 2.24) is 9.99 Å². The number of hydrogen-bond donors (Lipinski definition) is 2. The largest absolute Gasteiger partial charge is 0.507 e. The van der Waals surface area contributed by atoms with Gasteiger partial charge < -0.3 is 9.67 Å². The van der Waals surface area contributed by atoms with E-state index in [1.165, 1.54) is 24.4 Å². The van der Waals surface area contributed by atoms with Crippen LogP contribution in [0.4, 0.5) is 5.69 Å². The molecule has 0 saturated heterocycles. The van der Waals surface area contributed by atoms with E-state index >= 15 is 0 Å². The van der Waals surface area contributed by atoms with E-state index in [9.17, 15) is 20.0 Å². The second kappa shape index (κ2) is 8.04. The average molecular weight is 402 g/mol. The topological polar surface area (TPSA) is 110 Å². The average Bonchev–Trinajstić information content (AvgIpc) is 3.07. The van der Waals surface area contributed by atoms with Gasteiger partial charge in [0.1, 0.15) is 5.75 Å². The summed E-state index contributed by atoms with van der Waals surface area (Å²) in [5, 5.41) is 26.7. The van der Waals surface area contributed by atoms with E-state index in [0.717, 1.165) is 21.8 Å². The van der Waals surface area contributed by atoms with Gasteiger partial charge in [0.05, 0.1) is 11.1 Å². The van der Waals surface area contributed by atoms with Crippen molar-refractivity contribution in [3.63, 3.8) is 0 Å². The van der Waals surface area contributed by atoms with Gasteiger partial charge in [-0.25, -0.2) is 5.43 Å². The maximum atomic E-state index is 12.3. The SMILES string of the molecule is O=C(CCn1c2ccccc2c2ccccc21)N/N=C/c1cc([N+](=O)[O-])ccc1O. The molecule has 0 spiro atoms. The molecule has 0 atom stereocenters. The number of para-hydroxylation sites is 2. The molecule has 1 aromatic heterocycles. The molecule has 150 valence electrons. The standard InChI is InChI=1S/C22H18N4O4/c27-21-10-9-16(26(29)30)13-15(21)14-23-24-22(28)11-12-25-19-7-3-1-5-17(19)18-6-2-4-8-20(18)25/h1-10,13-14,27H,11-12H2,(H,24,28)/b23-14+. The van der Waals surface area contributed by atoms with Crippen molar-refractivity contribution in [2.45, 2.75) is 13.0 Å². The predicted octanol–water partition coefficient (Wildman–Crippen LogP) is 3.95. The van der Waals surface area contributed by atoms with Crippen molar-refractivity contribution in [2.24, 2.45) is 5.10 Å². The van der Waals surface area contributed by atoms with Crippen LogP contribution in [0.2, 0.25) is 0 Å². The monoisotopic (exact) mass is 402 g/mol. The van der Waals surface area contributed by atoms with Crippen LogP contribution in [-0.4, -0.2) is 26.7 Å². The van der Waals surface area contributed by atoms with Crippen LogP contribution in [0.1, 0.15) is 12.0 Å². The molecule has 0 aliphatic heterocycles. The van der Waals surface area contributed by atoms with Crippen molar-refractivity contribution in [2.75, 3.05) is 0 Å². The van der Waals surface area contributed by atoms with Crippen molar-refractivity contribution in [1.29, 1.82) is 0 Å². The zero-order chi connectivity index (χ0) is 21.1. The van der Waals surface area contributed by atoms with Crippen LogP contribution in [0, 0.1) is 10.1 Å². The van der Waals surface area contributed by atoms with Gasteiger partial charge in [-0.2, -0.15) is 5.10 Å². The number of phenols is 1. The first-order valence-corrected chi connectivity index (χ1v) is 9.30. The number of nitrogens with one attached hydrogen (secondary N) is 1. The molecule has 4 aromatic rings. The Morgan fingerprint density at radius 1 is 1.07 bits per heavy atom. The first kappa shape index (κ1) is 19.1. The van der Waals surface area contributed by atoms with Crippen LogP contribution < -0.4 is 5.43 Å². The Hall–Kier alpha value is -4.20. The molecular weight excluding hydrogens is 384 g/mol. The van der Waals surface area contributed by atoms with Crippen molar-refractivity contribution >= 4 is 39.6 Å². The Labute approximate surface area is 171 Å². The van der Waals surface area contributed by atoms with E-state index in [4.69, 9.17) is 0 Å². The van der Waals surface area contributed by atoms with Crippen LogP contribution in [0.25, 0.3) is 21.8 Å². The van der Waals surface area contributed by atoms with Crippen molar-refractivity contribution < 1.29 is 14.8 Å². The molecule has 4 rings (SSSR count). The van der Waals surface area contributed by atoms with E-state index in [-0.39, 0.29) is 29.3 Å². The van der Waals surface area contributed by atoms with Gasteiger partial charge in [-0.1, -0.05) is 36.4 Å². The summed E-state index contributed by atoms with van der Waals surface area (Å²) in [5.41, 5.74) is 4.48. The molecule has 2 N–H and O–H groups in total. The van der Waals surface area contributed by atoms with Gasteiger partial charge in [0, 0.05) is 52.5 Å². The Morgan fingerprint density at radius 3 is 2.33 bits per heavy atom. The molecule has 0 saturated carbocycles. The van der Waals surface area contributed by atoms with Gasteiger partial charge in [0.25, 0.3) is 5.69 Å². The van der Waals surface area contributed by atoms with E-state index in [0.29, 0.717) is 6.54 Å². The molecule has 0 aliphatic rings. The summed E-state index contributed by atoms with van der Waals surface area (Å²) in [7, 11) is 0. The van der Waals surface area contributed by atoms with Crippen LogP contribution in [0.15, 0.2) is 71.8 Å². The quantitative estimate of drug-likeness (QED) is 0.289. The number of aryl methyl sites for hydroxylation is 1. The number of amides is 1. The summed E-state index contributed by atoms with van der Waals surface area (Å²) in [6.45, 7) is 0.470. The third-order valence-corrected chi connectivity index (χ3v) is 4.86. The number of hydrazone groups is 1. The number of hydrogen-bond acceptors (Lipinski definition) is 5. The van der Waals surface area contributed by atoms with E-state index in [2.05, 4.69) is 27.2 Å². The highest BCUT2D eigenvalue weighted by molar-refractivity contribution is 6.08. The van der Waals surface area contributed by atoms with Crippen LogP contribution in [-0.2, 0) is 11.3 Å². The zero-order valence-electron chi connectivity index (χ0n) is 15.9. The second-order valence-electron chi connectivity index (χ2n) is 6.73. The minimum atomic E-state index is -0.568. The number of fused-ring (bicyclic) bond motifs is 3. The molecule has 0 aliphatic carbocycles. The molecule has 0 unspecified atom stereocenters. The maximum Gasteiger partial charge on any atom is 0.270 e. The molecule has 0 bridgehead atoms. The Kier molecular flexibility index (Phi) is 5.13. The lowest BCUT2D eigenvalue weighted by Gasteiger charge is -2.06. The summed E-state index contributed by atoms with van der Waals surface area (Å²) in [5.74, 6) is -0.470. The molecule has 30 heavy (non-hydrogen) atoms. The van der Waals surface area contributed by atoms with E-state index in [1.54, 1.807) is 0 Å². The van der Waals surface area contributed by atoms with Crippen LogP contribution >= 0.6 is 0 Å². The minimum Gasteiger partial charge on any atom is -0.507 e. The predicted molar refractivity (Wildman–Crippen MR) is 115 cm³/mol. The fraction of sp³-hybridized carbons (Fsp3) is 0.0909. The van der Waals surface area contributed by atoms with Crippen LogP contribution in [0.3, 0.4) is 0 Å². The summed E-state index contributed by atoms with van der Waals surface area (Å²) >= 11 is 0. The number of nitro benzene ring substituents is 1. The summed E-state index contributed by atoms with van der Waals surface area (Å²) in [6, 6.07) is 19.7. The number of nitro groups is 1. The fourth-order valence-electron chi connectivity index (χ4n) is 3.45. The lowest BCUT2D eigenvalue weighted by atomic mass is 10.2. The van der Waals surface area contributed by atoms with Crippen LogP contribution in [0.5, 0.6) is 5.75 Å². The number of nitrogens with zero attached hydrogens (tertiary/aromatic N) is 3. The molecule has 3 aromatic carbocycles. The number of carbonyl (C=O) groups is 1. The first-order chi connectivity index (χ1) is 14.5. The molecule has 1 heterocycles. The van der Waals surface area contributed by atoms with Gasteiger partial charge in [0.15, 0.2) is 0 Å². The Morgan fingerprint density at radius 2 is 1.70 bits per heavy atom. The summed E-state index contributed by atoms with van der Waals surface area (Å²) in [4.78, 5) is 22.5. The molecule has 8 heteroatoms. The lowest BCUT2D eigenvalue weighted by molar-refractivity contribution is -0.384. The third-order valence-electron chi connectivity index (χ3n) is 4.86. The Balaban J connectivity index is 1.46. The molecular formula is C22H18N4O4. The Bertz CT molecular complexity index is 1240. The number of rotatable bonds is 6. The van der Waals surface area contributed by atoms with Crippen molar-refractivity contribution in [3.05, 3.63) is 82.4 Å². The smallest absolute Gasteiger partial charge is 0.270 e. The lowest BCUT2D eigenvalue weighted by Crippen LogP contribution is -2.19. The first-order valence-electron chi connectivity index (χ1n) is 9.30. The van der Waals surface area contributed by atoms with Gasteiger partial charge >= 0.3 is 0 Å². The number of carbonyl (C=O) groups excluding carboxylic acids is 1. The minimum absolute atomic E-state index is 0.145. The van der Waals surface area contributed by atoms with Gasteiger partial charge in [-0.15, -0.1) is 0 Å². The summed E-state index contributed by atoms with van der Waals surface area (Å²) < 4.78 is 2.10. The molecule has 1 amide bonds. The highest BCUT2D eigenvalue weighted by atomic mass is 16.6. The third kappa shape index (κ3) is 3.70. The van der Waals surface area contributed by atoms with Gasteiger partial charge in [-0.3, -0.25) is 14.9 Å². The molecule has 0 fully saturated rings. The highest BCUT2D eigenvalue weighted by Gasteiger charge is 2.11. The van der Waals surface area contributed by atoms with E-state index in [1.807, 2.05) is 36.4 Å². The maximum absolute atomic E-state index is 12.3. The zero-order valence-corrected chi connectivity index (χ0v) is 15.9. The highest BCUT2D eigenvalue weighted by Crippen LogP contribution is 2.28. The van der Waals surface area contributed by atoms with Crippen molar-refractivity contribution in [3.8, 4) is 5.75 Å². The summed E-state index contributed by atoms with van der Waals surface area (Å²) in [6.07, 6.45) is 1.38. The van der Waals surface area contributed by atoms with E-state index < -0.39 is 4.92 Å². The molecule has 8 nitrogen and oxygen atoms in total. The molecule has 0 radical (unpaired) electrons. The number of aromatic nitrogens is 1. The second-order valence-corrected chi connectivity index (χ2v) is 6.73. The number of aromatic hydroxyl groups is 1. The van der Waals surface area contributed by atoms with Gasteiger partial charge in [0.2, 0.25) is 5.91 Å². The fourth-order valence-corrected chi connectivity index (χ4v) is 3.45. The number of non-ortho nitro benzene ring substituents is 1. The van der Waals surface area contributed by atoms with Gasteiger partial charge in [-0.05, 0) is 18.2 Å². The number of benzene rings is 3.